The van der Waals surface area contributed by atoms with E-state index in [1.165, 1.54) is 5.56 Å². The summed E-state index contributed by atoms with van der Waals surface area (Å²) in [5.74, 6) is 2.27. The van der Waals surface area contributed by atoms with Crippen molar-refractivity contribution >= 4 is 16.8 Å². The lowest BCUT2D eigenvalue weighted by Crippen LogP contribution is -2.59. The molecule has 3 aromatic rings. The first-order valence-electron chi connectivity index (χ1n) is 11.9. The van der Waals surface area contributed by atoms with E-state index in [2.05, 4.69) is 93.3 Å². The van der Waals surface area contributed by atoms with E-state index in [1.807, 2.05) is 12.1 Å². The van der Waals surface area contributed by atoms with Crippen LogP contribution in [0.3, 0.4) is 0 Å². The molecule has 0 radical (unpaired) electrons. The quantitative estimate of drug-likeness (QED) is 0.398. The molecule has 0 atom stereocenters. The van der Waals surface area contributed by atoms with Crippen molar-refractivity contribution in [2.75, 3.05) is 14.2 Å². The zero-order chi connectivity index (χ0) is 23.6. The number of piperidine rings is 1. The molecule has 0 aliphatic carbocycles. The molecule has 0 spiro atoms. The van der Waals surface area contributed by atoms with Crippen LogP contribution in [-0.2, 0) is 6.54 Å². The number of hydrogen-bond donors (Lipinski definition) is 0. The number of likely N-dealkylation sites (tertiary alicyclic amines) is 1. The second kappa shape index (κ2) is 9.23. The molecule has 0 aromatic heterocycles. The molecule has 0 bridgehead atoms. The summed E-state index contributed by atoms with van der Waals surface area (Å²) in [6.45, 7) is 10.5. The van der Waals surface area contributed by atoms with Gasteiger partial charge in [-0.3, -0.25) is 4.90 Å². The molecule has 1 aliphatic rings. The Morgan fingerprint density at radius 1 is 0.848 bits per heavy atom. The Kier molecular flexibility index (Phi) is 6.54. The summed E-state index contributed by atoms with van der Waals surface area (Å²) in [7, 11) is 3.48. The van der Waals surface area contributed by atoms with Gasteiger partial charge in [-0.25, -0.2) is 0 Å². The van der Waals surface area contributed by atoms with Gasteiger partial charge in [0.05, 0.1) is 14.2 Å². The minimum atomic E-state index is 0.0950. The molecule has 3 heteroatoms. The normalized spacial score (nSPS) is 18.6. The van der Waals surface area contributed by atoms with Gasteiger partial charge in [0.2, 0.25) is 0 Å². The average molecular weight is 444 g/mol. The number of allylic oxidation sites excluding steroid dienone is 1. The van der Waals surface area contributed by atoms with Gasteiger partial charge in [-0.05, 0) is 58.1 Å². The third-order valence-corrected chi connectivity index (χ3v) is 7.13. The van der Waals surface area contributed by atoms with Crippen LogP contribution in [0, 0.1) is 5.92 Å². The Bertz CT molecular complexity index is 1110. The predicted molar refractivity (Wildman–Crippen MR) is 139 cm³/mol. The molecule has 0 amide bonds. The van der Waals surface area contributed by atoms with Crippen molar-refractivity contribution in [2.45, 2.75) is 58.2 Å². The fourth-order valence-corrected chi connectivity index (χ4v) is 5.82. The first-order chi connectivity index (χ1) is 15.7. The van der Waals surface area contributed by atoms with Crippen LogP contribution in [0.4, 0.5) is 0 Å². The average Bonchev–Trinajstić information content (AvgIpc) is 2.79. The highest BCUT2D eigenvalue weighted by atomic mass is 16.5. The van der Waals surface area contributed by atoms with Crippen molar-refractivity contribution < 1.29 is 9.47 Å². The minimum absolute atomic E-state index is 0.0950. The molecule has 3 nitrogen and oxygen atoms in total. The van der Waals surface area contributed by atoms with Crippen LogP contribution in [0.2, 0.25) is 0 Å². The number of hydrogen-bond acceptors (Lipinski definition) is 3. The molecule has 0 unspecified atom stereocenters. The molecule has 33 heavy (non-hydrogen) atoms. The van der Waals surface area contributed by atoms with Gasteiger partial charge in [-0.15, -0.1) is 0 Å². The second-order valence-corrected chi connectivity index (χ2v) is 10.5. The van der Waals surface area contributed by atoms with Gasteiger partial charge >= 0.3 is 0 Å². The summed E-state index contributed by atoms with van der Waals surface area (Å²) in [5.41, 5.74) is 2.63. The van der Waals surface area contributed by atoms with Crippen molar-refractivity contribution in [1.29, 1.82) is 0 Å². The third-order valence-electron chi connectivity index (χ3n) is 7.13. The molecular weight excluding hydrogens is 406 g/mol. The van der Waals surface area contributed by atoms with Crippen LogP contribution >= 0.6 is 0 Å². The molecule has 4 rings (SSSR count). The number of methoxy groups -OCH3 is 2. The maximum atomic E-state index is 5.85. The summed E-state index contributed by atoms with van der Waals surface area (Å²) in [5, 5.41) is 2.16. The third kappa shape index (κ3) is 4.79. The monoisotopic (exact) mass is 443 g/mol. The summed E-state index contributed by atoms with van der Waals surface area (Å²) in [6, 6.07) is 21.2. The van der Waals surface area contributed by atoms with Gasteiger partial charge in [0.1, 0.15) is 11.5 Å². The van der Waals surface area contributed by atoms with E-state index in [1.54, 1.807) is 14.2 Å². The predicted octanol–water partition coefficient (Wildman–Crippen LogP) is 7.34. The van der Waals surface area contributed by atoms with Gasteiger partial charge in [0, 0.05) is 34.0 Å². The lowest BCUT2D eigenvalue weighted by atomic mass is 9.73. The number of ether oxygens (including phenoxy) is 2. The van der Waals surface area contributed by atoms with Crippen molar-refractivity contribution in [2.24, 2.45) is 5.92 Å². The van der Waals surface area contributed by atoms with E-state index < -0.39 is 0 Å². The van der Waals surface area contributed by atoms with E-state index in [9.17, 15) is 0 Å². The molecule has 0 N–H and O–H groups in total. The van der Waals surface area contributed by atoms with Gasteiger partial charge in [-0.2, -0.15) is 0 Å². The Balaban J connectivity index is 1.62. The standard InChI is InChI=1S/C30H37NO2/c1-29(2)19-23(20-30(3,4)31(29)21-22-12-8-7-9-13-22)16-17-24-18-27(32-5)25-14-10-11-15-26(25)28(24)33-6/h7-18,23H,19-21H2,1-6H3. The summed E-state index contributed by atoms with van der Waals surface area (Å²) in [4.78, 5) is 2.68. The SMILES string of the molecule is COc1cc(C=CC2CC(C)(C)N(Cc3ccccc3)C(C)(C)C2)c(OC)c2ccccc12. The number of rotatable bonds is 6. The van der Waals surface area contributed by atoms with E-state index in [-0.39, 0.29) is 11.1 Å². The lowest BCUT2D eigenvalue weighted by molar-refractivity contribution is -0.0491. The van der Waals surface area contributed by atoms with E-state index >= 15 is 0 Å². The fourth-order valence-electron chi connectivity index (χ4n) is 5.82. The zero-order valence-electron chi connectivity index (χ0n) is 20.9. The molecule has 0 saturated carbocycles. The highest BCUT2D eigenvalue weighted by molar-refractivity contribution is 5.96. The van der Waals surface area contributed by atoms with Crippen LogP contribution < -0.4 is 9.47 Å². The Labute approximate surface area is 199 Å². The number of nitrogens with zero attached hydrogens (tertiary/aromatic N) is 1. The highest BCUT2D eigenvalue weighted by Crippen LogP contribution is 2.44. The Morgan fingerprint density at radius 3 is 2.06 bits per heavy atom. The van der Waals surface area contributed by atoms with Crippen molar-refractivity contribution in [3.05, 3.63) is 77.9 Å². The maximum Gasteiger partial charge on any atom is 0.134 e. The Hall–Kier alpha value is -2.78. The van der Waals surface area contributed by atoms with Crippen molar-refractivity contribution in [3.63, 3.8) is 0 Å². The lowest BCUT2D eigenvalue weighted by Gasteiger charge is -2.55. The van der Waals surface area contributed by atoms with Crippen LogP contribution in [0.15, 0.2) is 66.7 Å². The second-order valence-electron chi connectivity index (χ2n) is 10.5. The first kappa shape index (κ1) is 23.4. The molecule has 1 fully saturated rings. The molecule has 174 valence electrons. The molecule has 3 aromatic carbocycles. The van der Waals surface area contributed by atoms with Gasteiger partial charge in [0.25, 0.3) is 0 Å². The summed E-state index contributed by atoms with van der Waals surface area (Å²) < 4.78 is 11.5. The van der Waals surface area contributed by atoms with Crippen molar-refractivity contribution in [3.8, 4) is 11.5 Å². The molecule has 1 heterocycles. The smallest absolute Gasteiger partial charge is 0.134 e. The molecule has 1 aliphatic heterocycles. The maximum absolute atomic E-state index is 5.85. The van der Waals surface area contributed by atoms with E-state index in [0.29, 0.717) is 5.92 Å². The Morgan fingerprint density at radius 2 is 1.45 bits per heavy atom. The minimum Gasteiger partial charge on any atom is -0.496 e. The molecular formula is C30H37NO2. The van der Waals surface area contributed by atoms with Crippen LogP contribution in [0.25, 0.3) is 16.8 Å². The van der Waals surface area contributed by atoms with Gasteiger partial charge < -0.3 is 9.47 Å². The zero-order valence-corrected chi connectivity index (χ0v) is 20.9. The number of fused-ring (bicyclic) bond motifs is 1. The van der Waals surface area contributed by atoms with Crippen molar-refractivity contribution in [1.82, 2.24) is 4.90 Å². The summed E-state index contributed by atoms with van der Waals surface area (Å²) >= 11 is 0. The van der Waals surface area contributed by atoms with E-state index in [4.69, 9.17) is 9.47 Å². The van der Waals surface area contributed by atoms with E-state index in [0.717, 1.165) is 47.2 Å². The van der Waals surface area contributed by atoms with Crippen LogP contribution in [0.1, 0.15) is 51.7 Å². The molecule has 1 saturated heterocycles. The summed E-state index contributed by atoms with van der Waals surface area (Å²) in [6.07, 6.45) is 6.85. The van der Waals surface area contributed by atoms with Crippen LogP contribution in [-0.4, -0.2) is 30.2 Å². The van der Waals surface area contributed by atoms with Crippen LogP contribution in [0.5, 0.6) is 11.5 Å². The topological polar surface area (TPSA) is 21.7 Å². The highest BCUT2D eigenvalue weighted by Gasteiger charge is 2.44. The largest absolute Gasteiger partial charge is 0.496 e. The van der Waals surface area contributed by atoms with Gasteiger partial charge in [0.15, 0.2) is 0 Å². The fraction of sp³-hybridized carbons (Fsp3) is 0.400. The number of benzene rings is 3. The first-order valence-corrected chi connectivity index (χ1v) is 11.9. The van der Waals surface area contributed by atoms with Gasteiger partial charge in [-0.1, -0.05) is 66.7 Å².